The number of hydrogen-bond acceptors (Lipinski definition) is 0. The Morgan fingerprint density at radius 3 is 1.06 bits per heavy atom. The summed E-state index contributed by atoms with van der Waals surface area (Å²) >= 11 is 0. The van der Waals surface area contributed by atoms with E-state index in [1.807, 2.05) is 0 Å². The van der Waals surface area contributed by atoms with Gasteiger partial charge in [0.1, 0.15) is 5.82 Å². The van der Waals surface area contributed by atoms with Crippen LogP contribution in [0, 0.1) is 58.6 Å². The van der Waals surface area contributed by atoms with Gasteiger partial charge in [0.2, 0.25) is 12.6 Å². The van der Waals surface area contributed by atoms with Gasteiger partial charge in [-0.15, -0.1) is 0 Å². The Morgan fingerprint density at radius 2 is 0.731 bits per heavy atom. The molecule has 0 radical (unpaired) electrons. The van der Waals surface area contributed by atoms with Crippen molar-refractivity contribution in [2.24, 2.45) is 23.7 Å². The van der Waals surface area contributed by atoms with Crippen molar-refractivity contribution in [3.63, 3.8) is 0 Å². The Kier molecular flexibility index (Phi) is 40.5. The van der Waals surface area contributed by atoms with Crippen LogP contribution in [0.2, 0.25) is 25.3 Å². The lowest BCUT2D eigenvalue weighted by atomic mass is 9.16. The number of nitrogens with two attached hydrogens (primary N) is 1. The maximum Gasteiger partial charge on any atom is 0.219 e. The SMILES string of the molecule is CCCCC(CC)CC[B-](CCC(CC)CCCC)(CCC(CC)CCCC)CCC(CC)CCCC.CCCCCCCCC[NH2+]CF.Fc1ccccc1-c1c(F)c(F)c(F)c(F)c1F. The van der Waals surface area contributed by atoms with E-state index in [1.165, 1.54) is 185 Å². The molecule has 0 aromatic heterocycles. The first-order chi connectivity index (χ1) is 32.3. The third kappa shape index (κ3) is 27.8. The molecule has 0 bridgehead atoms. The molecule has 0 aliphatic heterocycles. The van der Waals surface area contributed by atoms with E-state index >= 15 is 0 Å². The molecular formula is C58H103BF7N. The monoisotopic (exact) mass is 958 g/mol. The summed E-state index contributed by atoms with van der Waals surface area (Å²) < 4.78 is 90.4. The third-order valence-corrected chi connectivity index (χ3v) is 15.4. The Morgan fingerprint density at radius 1 is 0.403 bits per heavy atom. The molecule has 2 aromatic carbocycles. The van der Waals surface area contributed by atoms with Crippen molar-refractivity contribution in [2.75, 3.05) is 13.3 Å². The van der Waals surface area contributed by atoms with Gasteiger partial charge in [-0.2, -0.15) is 29.7 Å². The highest BCUT2D eigenvalue weighted by atomic mass is 19.2. The molecule has 4 atom stereocenters. The maximum atomic E-state index is 13.4. The van der Waals surface area contributed by atoms with E-state index in [0.29, 0.717) is 0 Å². The first kappa shape index (κ1) is 65.0. The second-order valence-corrected chi connectivity index (χ2v) is 20.5. The van der Waals surface area contributed by atoms with E-state index in [4.69, 9.17) is 0 Å². The van der Waals surface area contributed by atoms with Crippen LogP contribution in [-0.4, -0.2) is 19.5 Å². The molecule has 392 valence electrons. The van der Waals surface area contributed by atoms with Gasteiger partial charge in [0.05, 0.1) is 12.1 Å². The van der Waals surface area contributed by atoms with Crippen molar-refractivity contribution in [3.8, 4) is 11.1 Å². The molecule has 0 spiro atoms. The summed E-state index contributed by atoms with van der Waals surface area (Å²) in [4.78, 5) is 0. The maximum absolute atomic E-state index is 13.4. The summed E-state index contributed by atoms with van der Waals surface area (Å²) in [5.74, 6) is -7.77. The Labute approximate surface area is 409 Å². The van der Waals surface area contributed by atoms with E-state index in [-0.39, 0.29) is 12.9 Å². The fraction of sp³-hybridized carbons (Fsp3) is 0.793. The molecular weight excluding hydrogens is 854 g/mol. The number of unbranched alkanes of at least 4 members (excludes halogenated alkanes) is 10. The lowest BCUT2D eigenvalue weighted by molar-refractivity contribution is -0.674. The normalized spacial score (nSPS) is 14.1. The molecule has 9 heteroatoms. The molecule has 67 heavy (non-hydrogen) atoms. The fourth-order valence-electron chi connectivity index (χ4n) is 10.2. The average molecular weight is 958 g/mol. The smallest absolute Gasteiger partial charge is 0.219 e. The number of hydrogen-bond donors (Lipinski definition) is 1. The molecule has 4 unspecified atom stereocenters. The van der Waals surface area contributed by atoms with Gasteiger partial charge < -0.3 is 5.32 Å². The van der Waals surface area contributed by atoms with Crippen LogP contribution in [0.15, 0.2) is 24.3 Å². The molecule has 0 heterocycles. The molecule has 0 aliphatic rings. The number of benzene rings is 2. The standard InChI is InChI=1S/C36H76B.C12H4F6.C10H22FN/c1-9-17-21-33(13-5)25-29-37(30-26-34(14-6)22-18-10-2,31-27-35(15-7)23-19-11-3)32-28-36(16-8)24-20-12-4;13-6-4-2-1-3-5(6)7-8(14)10(16)12(18)11(17)9(7)15;1-2-3-4-5-6-7-8-9-12-10-11/h33-36H,9-32H2,1-8H3;1-4H;12H,2-10H2,1H3/q-1;;/p+1. The molecule has 0 saturated carbocycles. The third-order valence-electron chi connectivity index (χ3n) is 15.4. The highest BCUT2D eigenvalue weighted by molar-refractivity contribution is 6.79. The van der Waals surface area contributed by atoms with Crippen LogP contribution in [0.3, 0.4) is 0 Å². The molecule has 2 N–H and O–H groups in total. The highest BCUT2D eigenvalue weighted by Crippen LogP contribution is 2.40. The van der Waals surface area contributed by atoms with Gasteiger partial charge in [0.15, 0.2) is 23.3 Å². The van der Waals surface area contributed by atoms with E-state index in [1.54, 1.807) is 30.6 Å². The summed E-state index contributed by atoms with van der Waals surface area (Å²) in [6, 6.07) is 4.22. The number of rotatable bonds is 38. The minimum atomic E-state index is -2.27. The quantitative estimate of drug-likeness (QED) is 0.0172. The van der Waals surface area contributed by atoms with Crippen molar-refractivity contribution in [1.82, 2.24) is 0 Å². The first-order valence-corrected chi connectivity index (χ1v) is 28.2. The molecule has 0 saturated heterocycles. The lowest BCUT2D eigenvalue weighted by Gasteiger charge is -2.44. The molecule has 2 aromatic rings. The minimum Gasteiger partial charge on any atom is -0.320 e. The van der Waals surface area contributed by atoms with Crippen molar-refractivity contribution < 1.29 is 36.0 Å². The summed E-state index contributed by atoms with van der Waals surface area (Å²) in [6.45, 7) is 22.4. The Balaban J connectivity index is 0.00000118. The second kappa shape index (κ2) is 41.7. The molecule has 1 nitrogen and oxygen atoms in total. The van der Waals surface area contributed by atoms with Crippen molar-refractivity contribution in [2.45, 2.75) is 261 Å². The van der Waals surface area contributed by atoms with Crippen LogP contribution in [0.4, 0.5) is 30.7 Å². The predicted octanol–water partition coefficient (Wildman–Crippen LogP) is 20.3. The number of quaternary nitrogens is 1. The topological polar surface area (TPSA) is 16.6 Å². The second-order valence-electron chi connectivity index (χ2n) is 20.5. The van der Waals surface area contributed by atoms with Crippen LogP contribution in [0.5, 0.6) is 0 Å². The molecule has 0 aliphatic carbocycles. The largest absolute Gasteiger partial charge is 0.320 e. The fourth-order valence-corrected chi connectivity index (χ4v) is 10.2. The molecule has 0 amide bonds. The summed E-state index contributed by atoms with van der Waals surface area (Å²) in [7, 11) is 0. The van der Waals surface area contributed by atoms with Crippen molar-refractivity contribution in [3.05, 3.63) is 59.2 Å². The molecule has 0 fully saturated rings. The van der Waals surface area contributed by atoms with E-state index in [9.17, 15) is 30.7 Å². The van der Waals surface area contributed by atoms with Gasteiger partial charge in [0.25, 0.3) is 0 Å². The zero-order chi connectivity index (χ0) is 50.3. The molecule has 2 rings (SSSR count). The van der Waals surface area contributed by atoms with Crippen molar-refractivity contribution >= 4 is 6.15 Å². The van der Waals surface area contributed by atoms with E-state index < -0.39 is 46.0 Å². The summed E-state index contributed by atoms with van der Waals surface area (Å²) in [5, 5.41) is 1.73. The Hall–Kier alpha value is -2.03. The van der Waals surface area contributed by atoms with Gasteiger partial charge >= 0.3 is 0 Å². The summed E-state index contributed by atoms with van der Waals surface area (Å²) in [5.41, 5.74) is -1.96. The van der Waals surface area contributed by atoms with Crippen LogP contribution < -0.4 is 5.32 Å². The van der Waals surface area contributed by atoms with Crippen LogP contribution in [0.25, 0.3) is 11.1 Å². The van der Waals surface area contributed by atoms with Gasteiger partial charge in [0, 0.05) is 11.7 Å². The number of alkyl halides is 1. The summed E-state index contributed by atoms with van der Waals surface area (Å²) in [6.07, 6.45) is 44.2. The van der Waals surface area contributed by atoms with Crippen LogP contribution in [-0.2, 0) is 0 Å². The van der Waals surface area contributed by atoms with Crippen LogP contribution in [0.1, 0.15) is 236 Å². The van der Waals surface area contributed by atoms with Crippen molar-refractivity contribution in [1.29, 1.82) is 0 Å². The predicted molar refractivity (Wildman–Crippen MR) is 279 cm³/mol. The van der Waals surface area contributed by atoms with Gasteiger partial charge in [-0.05, 0) is 42.6 Å². The highest BCUT2D eigenvalue weighted by Gasteiger charge is 2.29. The van der Waals surface area contributed by atoms with E-state index in [2.05, 4.69) is 62.3 Å². The zero-order valence-corrected chi connectivity index (χ0v) is 44.8. The Bertz CT molecular complexity index is 1330. The van der Waals surface area contributed by atoms with E-state index in [0.717, 1.165) is 42.3 Å². The number of halogens is 7. The average Bonchev–Trinajstić information content (AvgIpc) is 3.34. The zero-order valence-electron chi connectivity index (χ0n) is 44.8. The lowest BCUT2D eigenvalue weighted by Crippen LogP contribution is -2.83. The van der Waals surface area contributed by atoms with Crippen LogP contribution >= 0.6 is 0 Å². The van der Waals surface area contributed by atoms with Gasteiger partial charge in [-0.1, -0.05) is 241 Å². The first-order valence-electron chi connectivity index (χ1n) is 28.2. The minimum absolute atomic E-state index is 0.236. The van der Waals surface area contributed by atoms with Gasteiger partial charge in [-0.3, -0.25) is 0 Å². The van der Waals surface area contributed by atoms with Gasteiger partial charge in [-0.25, -0.2) is 26.3 Å².